The third-order valence-electron chi connectivity index (χ3n) is 5.04. The summed E-state index contributed by atoms with van der Waals surface area (Å²) < 4.78 is 38.3. The predicted molar refractivity (Wildman–Crippen MR) is 101 cm³/mol. The van der Waals surface area contributed by atoms with E-state index in [1.54, 1.807) is 19.1 Å². The van der Waals surface area contributed by atoms with Crippen LogP contribution >= 0.6 is 0 Å². The summed E-state index contributed by atoms with van der Waals surface area (Å²) in [5, 5.41) is 2.78. The van der Waals surface area contributed by atoms with Crippen LogP contribution in [0.25, 0.3) is 0 Å². The molecule has 1 aliphatic carbocycles. The SMILES string of the molecule is CCOc1ccc(NC(=O)C2(N)CCCC2)cc1S(=O)(=O)N1CCOCC1. The Morgan fingerprint density at radius 2 is 1.96 bits per heavy atom. The third kappa shape index (κ3) is 4.26. The molecule has 0 aromatic heterocycles. The topological polar surface area (TPSA) is 111 Å². The van der Waals surface area contributed by atoms with Gasteiger partial charge >= 0.3 is 0 Å². The average Bonchev–Trinajstić information content (AvgIpc) is 3.12. The maximum atomic E-state index is 13.1. The van der Waals surface area contributed by atoms with E-state index in [0.717, 1.165) is 12.8 Å². The van der Waals surface area contributed by atoms with Crippen LogP contribution in [0.5, 0.6) is 5.75 Å². The highest BCUT2D eigenvalue weighted by Gasteiger charge is 2.37. The Bertz CT molecular complexity index is 784. The van der Waals surface area contributed by atoms with Crippen molar-refractivity contribution in [2.45, 2.75) is 43.0 Å². The highest BCUT2D eigenvalue weighted by Crippen LogP contribution is 2.32. The Morgan fingerprint density at radius 1 is 1.30 bits per heavy atom. The fourth-order valence-corrected chi connectivity index (χ4v) is 5.04. The highest BCUT2D eigenvalue weighted by molar-refractivity contribution is 7.89. The molecule has 1 heterocycles. The maximum Gasteiger partial charge on any atom is 0.246 e. The number of hydrogen-bond donors (Lipinski definition) is 2. The summed E-state index contributed by atoms with van der Waals surface area (Å²) >= 11 is 0. The van der Waals surface area contributed by atoms with Gasteiger partial charge in [-0.25, -0.2) is 8.42 Å². The molecule has 0 unspecified atom stereocenters. The zero-order chi connectivity index (χ0) is 19.5. The first-order chi connectivity index (χ1) is 12.9. The van der Waals surface area contributed by atoms with Gasteiger partial charge in [-0.3, -0.25) is 4.79 Å². The normalized spacial score (nSPS) is 20.4. The predicted octanol–water partition coefficient (Wildman–Crippen LogP) is 1.32. The lowest BCUT2D eigenvalue weighted by molar-refractivity contribution is -0.121. The number of morpholine rings is 1. The van der Waals surface area contributed by atoms with Gasteiger partial charge in [-0.1, -0.05) is 12.8 Å². The summed E-state index contributed by atoms with van der Waals surface area (Å²) in [6.07, 6.45) is 3.11. The number of carbonyl (C=O) groups excluding carboxylic acids is 1. The minimum Gasteiger partial charge on any atom is -0.492 e. The van der Waals surface area contributed by atoms with Gasteiger partial charge in [0.2, 0.25) is 15.9 Å². The van der Waals surface area contributed by atoms with Crippen LogP contribution in [-0.2, 0) is 19.6 Å². The summed E-state index contributed by atoms with van der Waals surface area (Å²) in [5.74, 6) is -0.0100. The van der Waals surface area contributed by atoms with E-state index in [2.05, 4.69) is 5.32 Å². The van der Waals surface area contributed by atoms with Crippen LogP contribution < -0.4 is 15.8 Å². The molecule has 0 bridgehead atoms. The zero-order valence-electron chi connectivity index (χ0n) is 15.6. The van der Waals surface area contributed by atoms with E-state index in [-0.39, 0.29) is 29.6 Å². The summed E-state index contributed by atoms with van der Waals surface area (Å²) in [4.78, 5) is 12.6. The summed E-state index contributed by atoms with van der Waals surface area (Å²) in [6, 6.07) is 4.66. The molecule has 8 nitrogen and oxygen atoms in total. The molecule has 9 heteroatoms. The summed E-state index contributed by atoms with van der Waals surface area (Å²) in [5.41, 5.74) is 5.70. The summed E-state index contributed by atoms with van der Waals surface area (Å²) in [7, 11) is -3.76. The first-order valence-corrected chi connectivity index (χ1v) is 10.8. The molecule has 0 spiro atoms. The highest BCUT2D eigenvalue weighted by atomic mass is 32.2. The van der Waals surface area contributed by atoms with Crippen LogP contribution in [0.15, 0.2) is 23.1 Å². The van der Waals surface area contributed by atoms with Crippen LogP contribution in [-0.4, -0.2) is 57.1 Å². The molecule has 1 saturated carbocycles. The molecule has 0 radical (unpaired) electrons. The van der Waals surface area contributed by atoms with Crippen LogP contribution in [0.1, 0.15) is 32.6 Å². The van der Waals surface area contributed by atoms with E-state index in [0.29, 0.717) is 38.3 Å². The molecule has 150 valence electrons. The quantitative estimate of drug-likeness (QED) is 0.749. The standard InChI is InChI=1S/C18H27N3O5S/c1-2-26-15-6-5-14(20-17(22)18(19)7-3-4-8-18)13-16(15)27(23,24)21-9-11-25-12-10-21/h5-6,13H,2-4,7-12,19H2,1H3,(H,20,22). The van der Waals surface area contributed by atoms with Gasteiger partial charge in [-0.05, 0) is 38.0 Å². The Kier molecular flexibility index (Phi) is 6.05. The van der Waals surface area contributed by atoms with Crippen molar-refractivity contribution in [3.63, 3.8) is 0 Å². The average molecular weight is 397 g/mol. The number of benzene rings is 1. The second-order valence-electron chi connectivity index (χ2n) is 6.93. The number of nitrogens with one attached hydrogen (secondary N) is 1. The number of nitrogens with two attached hydrogens (primary N) is 1. The van der Waals surface area contributed by atoms with Gasteiger partial charge in [-0.15, -0.1) is 0 Å². The zero-order valence-corrected chi connectivity index (χ0v) is 16.4. The molecular formula is C18H27N3O5S. The third-order valence-corrected chi connectivity index (χ3v) is 6.96. The second kappa shape index (κ2) is 8.14. The number of carbonyl (C=O) groups is 1. The monoisotopic (exact) mass is 397 g/mol. The minimum absolute atomic E-state index is 0.0431. The van der Waals surface area contributed by atoms with E-state index >= 15 is 0 Å². The lowest BCUT2D eigenvalue weighted by atomic mass is 9.98. The molecular weight excluding hydrogens is 370 g/mol. The molecule has 3 rings (SSSR count). The molecule has 2 fully saturated rings. The minimum atomic E-state index is -3.76. The molecule has 27 heavy (non-hydrogen) atoms. The van der Waals surface area contributed by atoms with E-state index in [1.165, 1.54) is 10.4 Å². The van der Waals surface area contributed by atoms with Crippen LogP contribution in [0.3, 0.4) is 0 Å². The van der Waals surface area contributed by atoms with Gasteiger partial charge in [-0.2, -0.15) is 4.31 Å². The summed E-state index contributed by atoms with van der Waals surface area (Å²) in [6.45, 7) is 3.42. The van der Waals surface area contributed by atoms with Crippen molar-refractivity contribution in [2.75, 3.05) is 38.2 Å². The van der Waals surface area contributed by atoms with Crippen molar-refractivity contribution >= 4 is 21.6 Å². The Labute approximate surface area is 160 Å². The number of amides is 1. The fourth-order valence-electron chi connectivity index (χ4n) is 3.48. The van der Waals surface area contributed by atoms with Gasteiger partial charge < -0.3 is 20.5 Å². The van der Waals surface area contributed by atoms with Gasteiger partial charge in [0.25, 0.3) is 0 Å². The molecule has 1 aromatic carbocycles. The van der Waals surface area contributed by atoms with Gasteiger partial charge in [0.05, 0.1) is 25.4 Å². The number of nitrogens with zero attached hydrogens (tertiary/aromatic N) is 1. The van der Waals surface area contributed by atoms with Crippen molar-refractivity contribution < 1.29 is 22.7 Å². The number of anilines is 1. The smallest absolute Gasteiger partial charge is 0.246 e. The van der Waals surface area contributed by atoms with Crippen molar-refractivity contribution in [1.82, 2.24) is 4.31 Å². The van der Waals surface area contributed by atoms with Crippen LogP contribution in [0.4, 0.5) is 5.69 Å². The Morgan fingerprint density at radius 3 is 2.59 bits per heavy atom. The van der Waals surface area contributed by atoms with Gasteiger partial charge in [0.1, 0.15) is 10.6 Å². The van der Waals surface area contributed by atoms with Gasteiger partial charge in [0, 0.05) is 18.8 Å². The van der Waals surface area contributed by atoms with Crippen molar-refractivity contribution in [1.29, 1.82) is 0 Å². The van der Waals surface area contributed by atoms with E-state index < -0.39 is 15.6 Å². The van der Waals surface area contributed by atoms with Crippen LogP contribution in [0.2, 0.25) is 0 Å². The van der Waals surface area contributed by atoms with E-state index in [1.807, 2.05) is 0 Å². The van der Waals surface area contributed by atoms with Gasteiger partial charge in [0.15, 0.2) is 0 Å². The molecule has 3 N–H and O–H groups in total. The molecule has 1 saturated heterocycles. The maximum absolute atomic E-state index is 13.1. The largest absolute Gasteiger partial charge is 0.492 e. The van der Waals surface area contributed by atoms with E-state index in [9.17, 15) is 13.2 Å². The Hall–Kier alpha value is -1.68. The first-order valence-electron chi connectivity index (χ1n) is 9.32. The van der Waals surface area contributed by atoms with Crippen LogP contribution in [0, 0.1) is 0 Å². The molecule has 1 aliphatic heterocycles. The first kappa shape index (κ1) is 20.1. The van der Waals surface area contributed by atoms with Crippen molar-refractivity contribution in [3.05, 3.63) is 18.2 Å². The number of hydrogen-bond acceptors (Lipinski definition) is 6. The van der Waals surface area contributed by atoms with Crippen molar-refractivity contribution in [3.8, 4) is 5.75 Å². The number of rotatable bonds is 6. The Balaban J connectivity index is 1.89. The number of sulfonamides is 1. The van der Waals surface area contributed by atoms with E-state index in [4.69, 9.17) is 15.2 Å². The van der Waals surface area contributed by atoms with Crippen molar-refractivity contribution in [2.24, 2.45) is 5.73 Å². The molecule has 0 atom stereocenters. The molecule has 1 amide bonds. The lowest BCUT2D eigenvalue weighted by Gasteiger charge is -2.27. The lowest BCUT2D eigenvalue weighted by Crippen LogP contribution is -2.48. The molecule has 2 aliphatic rings. The second-order valence-corrected chi connectivity index (χ2v) is 8.83. The fraction of sp³-hybridized carbons (Fsp3) is 0.611. The number of ether oxygens (including phenoxy) is 2. The molecule has 1 aromatic rings.